The van der Waals surface area contributed by atoms with Crippen LogP contribution in [0.2, 0.25) is 0 Å². The number of sulfonamides is 1. The normalized spacial score (nSPS) is 20.7. The van der Waals surface area contributed by atoms with Gasteiger partial charge in [0.1, 0.15) is 4.90 Å². The first-order valence-electron chi connectivity index (χ1n) is 6.54. The van der Waals surface area contributed by atoms with Gasteiger partial charge in [-0.25, -0.2) is 8.42 Å². The van der Waals surface area contributed by atoms with E-state index in [9.17, 15) is 8.42 Å². The third kappa shape index (κ3) is 3.16. The first-order chi connectivity index (χ1) is 9.32. The summed E-state index contributed by atoms with van der Waals surface area (Å²) < 4.78 is 27.9. The third-order valence-electron chi connectivity index (χ3n) is 3.46. The van der Waals surface area contributed by atoms with Crippen LogP contribution in [0.4, 0.5) is 5.69 Å². The van der Waals surface area contributed by atoms with Crippen molar-refractivity contribution in [2.75, 3.05) is 32.9 Å². The van der Waals surface area contributed by atoms with Crippen molar-refractivity contribution in [2.24, 2.45) is 0 Å². The van der Waals surface area contributed by atoms with E-state index in [-0.39, 0.29) is 16.6 Å². The maximum Gasteiger partial charge on any atom is 0.245 e. The molecule has 1 fully saturated rings. The summed E-state index contributed by atoms with van der Waals surface area (Å²) in [5, 5.41) is 0. The van der Waals surface area contributed by atoms with Gasteiger partial charge in [0, 0.05) is 23.6 Å². The minimum Gasteiger partial charge on any atom is -0.398 e. The zero-order chi connectivity index (χ0) is 14.9. The van der Waals surface area contributed by atoms with Crippen molar-refractivity contribution in [1.82, 2.24) is 9.21 Å². The lowest BCUT2D eigenvalue weighted by atomic mass is 10.2. The topological polar surface area (TPSA) is 66.6 Å². The Kier molecular flexibility index (Phi) is 4.73. The molecular weight excluding hydrogens is 342 g/mol. The average Bonchev–Trinajstić information content (AvgIpc) is 2.76. The van der Waals surface area contributed by atoms with Crippen LogP contribution in [0.3, 0.4) is 0 Å². The van der Waals surface area contributed by atoms with Crippen LogP contribution in [0.5, 0.6) is 0 Å². The average molecular weight is 362 g/mol. The zero-order valence-electron chi connectivity index (χ0n) is 11.7. The number of nitrogens with zero attached hydrogens (tertiary/aromatic N) is 2. The molecule has 0 spiro atoms. The maximum absolute atomic E-state index is 12.8. The number of anilines is 1. The highest BCUT2D eigenvalue weighted by molar-refractivity contribution is 9.10. The summed E-state index contributed by atoms with van der Waals surface area (Å²) in [6.45, 7) is 1.30. The predicted molar refractivity (Wildman–Crippen MR) is 84.0 cm³/mol. The Bertz CT molecular complexity index is 589. The van der Waals surface area contributed by atoms with Gasteiger partial charge in [0.05, 0.1) is 5.69 Å². The van der Waals surface area contributed by atoms with Crippen molar-refractivity contribution in [3.05, 3.63) is 22.7 Å². The second-order valence-electron chi connectivity index (χ2n) is 5.36. The Morgan fingerprint density at radius 2 is 2.15 bits per heavy atom. The number of nitrogen functional groups attached to an aromatic ring is 1. The van der Waals surface area contributed by atoms with Crippen molar-refractivity contribution >= 4 is 31.6 Å². The molecular formula is C13H20BrN3O2S. The summed E-state index contributed by atoms with van der Waals surface area (Å²) in [5.74, 6) is 0. The number of halogens is 1. The predicted octanol–water partition coefficient (Wildman–Crippen LogP) is 1.75. The van der Waals surface area contributed by atoms with Gasteiger partial charge in [-0.15, -0.1) is 0 Å². The SMILES string of the molecule is CN(C)CC1CCCN1S(=O)(=O)c1ccc(Br)cc1N. The van der Waals surface area contributed by atoms with Crippen LogP contribution in [0.15, 0.2) is 27.6 Å². The van der Waals surface area contributed by atoms with E-state index in [4.69, 9.17) is 5.73 Å². The van der Waals surface area contributed by atoms with Gasteiger partial charge in [-0.3, -0.25) is 0 Å². The highest BCUT2D eigenvalue weighted by Gasteiger charge is 2.36. The summed E-state index contributed by atoms with van der Waals surface area (Å²) in [6, 6.07) is 4.93. The first kappa shape index (κ1) is 15.8. The van der Waals surface area contributed by atoms with Gasteiger partial charge in [0.2, 0.25) is 10.0 Å². The standard InChI is InChI=1S/C13H20BrN3O2S/c1-16(2)9-11-4-3-7-17(11)20(18,19)13-6-5-10(14)8-12(13)15/h5-6,8,11H,3-4,7,9,15H2,1-2H3. The molecule has 2 N–H and O–H groups in total. The molecule has 1 aromatic carbocycles. The van der Waals surface area contributed by atoms with Gasteiger partial charge in [-0.2, -0.15) is 4.31 Å². The molecule has 20 heavy (non-hydrogen) atoms. The van der Waals surface area contributed by atoms with Gasteiger partial charge in [-0.1, -0.05) is 15.9 Å². The van der Waals surface area contributed by atoms with E-state index in [1.165, 1.54) is 0 Å². The Labute approximate surface area is 128 Å². The fraction of sp³-hybridized carbons (Fsp3) is 0.538. The largest absolute Gasteiger partial charge is 0.398 e. The van der Waals surface area contributed by atoms with E-state index in [1.807, 2.05) is 19.0 Å². The highest BCUT2D eigenvalue weighted by atomic mass is 79.9. The van der Waals surface area contributed by atoms with E-state index >= 15 is 0 Å². The van der Waals surface area contributed by atoms with Gasteiger partial charge in [0.25, 0.3) is 0 Å². The summed E-state index contributed by atoms with van der Waals surface area (Å²) >= 11 is 3.30. The zero-order valence-corrected chi connectivity index (χ0v) is 14.1. The Balaban J connectivity index is 2.34. The minimum atomic E-state index is -3.52. The quantitative estimate of drug-likeness (QED) is 0.829. The first-order valence-corrected chi connectivity index (χ1v) is 8.77. The van der Waals surface area contributed by atoms with Gasteiger partial charge >= 0.3 is 0 Å². The molecule has 0 aliphatic carbocycles. The van der Waals surface area contributed by atoms with Crippen LogP contribution in [0.1, 0.15) is 12.8 Å². The van der Waals surface area contributed by atoms with Gasteiger partial charge < -0.3 is 10.6 Å². The molecule has 0 bridgehead atoms. The number of likely N-dealkylation sites (N-methyl/N-ethyl adjacent to an activating group) is 1. The molecule has 1 aliphatic rings. The molecule has 1 aliphatic heterocycles. The van der Waals surface area contributed by atoms with Crippen LogP contribution in [0.25, 0.3) is 0 Å². The lowest BCUT2D eigenvalue weighted by Crippen LogP contribution is -2.41. The van der Waals surface area contributed by atoms with Crippen LogP contribution in [-0.2, 0) is 10.0 Å². The number of hydrogen-bond acceptors (Lipinski definition) is 4. The fourth-order valence-electron chi connectivity index (χ4n) is 2.61. The molecule has 0 radical (unpaired) electrons. The fourth-order valence-corrected chi connectivity index (χ4v) is 4.77. The third-order valence-corrected chi connectivity index (χ3v) is 5.98. The summed E-state index contributed by atoms with van der Waals surface area (Å²) in [6.07, 6.45) is 1.79. The van der Waals surface area contributed by atoms with E-state index in [1.54, 1.807) is 22.5 Å². The number of benzene rings is 1. The van der Waals surface area contributed by atoms with E-state index in [0.29, 0.717) is 6.54 Å². The molecule has 112 valence electrons. The molecule has 7 heteroatoms. The molecule has 1 unspecified atom stereocenters. The second kappa shape index (κ2) is 6.01. The Morgan fingerprint density at radius 3 is 2.75 bits per heavy atom. The van der Waals surface area contributed by atoms with Crippen molar-refractivity contribution in [3.63, 3.8) is 0 Å². The monoisotopic (exact) mass is 361 g/mol. The molecule has 1 aromatic rings. The van der Waals surface area contributed by atoms with Crippen LogP contribution < -0.4 is 5.73 Å². The highest BCUT2D eigenvalue weighted by Crippen LogP contribution is 2.30. The lowest BCUT2D eigenvalue weighted by molar-refractivity contribution is 0.291. The summed E-state index contributed by atoms with van der Waals surface area (Å²) in [4.78, 5) is 2.22. The van der Waals surface area contributed by atoms with E-state index in [2.05, 4.69) is 15.9 Å². The molecule has 1 heterocycles. The number of hydrogen-bond donors (Lipinski definition) is 1. The van der Waals surface area contributed by atoms with Crippen molar-refractivity contribution in [2.45, 2.75) is 23.8 Å². The summed E-state index contributed by atoms with van der Waals surface area (Å²) in [5.41, 5.74) is 6.16. The molecule has 0 amide bonds. The van der Waals surface area contributed by atoms with Gasteiger partial charge in [0.15, 0.2) is 0 Å². The number of rotatable bonds is 4. The molecule has 0 saturated carbocycles. The molecule has 0 aromatic heterocycles. The Morgan fingerprint density at radius 1 is 1.45 bits per heavy atom. The molecule has 1 saturated heterocycles. The van der Waals surface area contributed by atoms with Crippen LogP contribution >= 0.6 is 15.9 Å². The maximum atomic E-state index is 12.8. The number of nitrogens with two attached hydrogens (primary N) is 1. The Hall–Kier alpha value is -0.630. The van der Waals surface area contributed by atoms with Crippen LogP contribution in [0, 0.1) is 0 Å². The molecule has 2 rings (SSSR count). The van der Waals surface area contributed by atoms with Crippen molar-refractivity contribution < 1.29 is 8.42 Å². The van der Waals surface area contributed by atoms with E-state index < -0.39 is 10.0 Å². The molecule has 5 nitrogen and oxygen atoms in total. The van der Waals surface area contributed by atoms with Crippen molar-refractivity contribution in [1.29, 1.82) is 0 Å². The molecule has 1 atom stereocenters. The van der Waals surface area contributed by atoms with Crippen molar-refractivity contribution in [3.8, 4) is 0 Å². The smallest absolute Gasteiger partial charge is 0.245 e. The summed E-state index contributed by atoms with van der Waals surface area (Å²) in [7, 11) is 0.391. The van der Waals surface area contributed by atoms with E-state index in [0.717, 1.165) is 23.9 Å². The minimum absolute atomic E-state index is 0.0260. The second-order valence-corrected chi connectivity index (χ2v) is 8.13. The lowest BCUT2D eigenvalue weighted by Gasteiger charge is -2.26. The van der Waals surface area contributed by atoms with Crippen LogP contribution in [-0.4, -0.2) is 50.8 Å². The van der Waals surface area contributed by atoms with Gasteiger partial charge in [-0.05, 0) is 45.1 Å².